The van der Waals surface area contributed by atoms with Crippen molar-refractivity contribution >= 4 is 17.6 Å². The van der Waals surface area contributed by atoms with Crippen LogP contribution in [-0.4, -0.2) is 5.84 Å². The summed E-state index contributed by atoms with van der Waals surface area (Å²) in [6.07, 6.45) is 0. The van der Waals surface area contributed by atoms with Crippen molar-refractivity contribution in [2.45, 2.75) is 30.4 Å². The second kappa shape index (κ2) is 6.76. The molecule has 0 aliphatic rings. The second-order valence-electron chi connectivity index (χ2n) is 5.27. The van der Waals surface area contributed by atoms with Gasteiger partial charge in [-0.1, -0.05) is 26.0 Å². The summed E-state index contributed by atoms with van der Waals surface area (Å²) in [4.78, 5) is 1.15. The zero-order chi connectivity index (χ0) is 15.4. The molecule has 4 heteroatoms. The van der Waals surface area contributed by atoms with Crippen molar-refractivity contribution in [2.24, 2.45) is 5.73 Å². The number of nitrogen functional groups attached to an aromatic ring is 1. The largest absolute Gasteiger partial charge is 0.384 e. The lowest BCUT2D eigenvalue weighted by Crippen LogP contribution is -2.11. The van der Waals surface area contributed by atoms with E-state index in [1.807, 2.05) is 0 Å². The third-order valence-corrected chi connectivity index (χ3v) is 4.30. The van der Waals surface area contributed by atoms with Gasteiger partial charge < -0.3 is 5.73 Å². The van der Waals surface area contributed by atoms with Gasteiger partial charge >= 0.3 is 0 Å². The van der Waals surface area contributed by atoms with Crippen LogP contribution in [0, 0.1) is 11.2 Å². The van der Waals surface area contributed by atoms with Gasteiger partial charge in [0.15, 0.2) is 0 Å². The van der Waals surface area contributed by atoms with Crippen molar-refractivity contribution in [3.63, 3.8) is 0 Å². The molecule has 0 radical (unpaired) electrons. The molecule has 21 heavy (non-hydrogen) atoms. The summed E-state index contributed by atoms with van der Waals surface area (Å²) >= 11 is 1.65. The maximum atomic E-state index is 13.5. The molecule has 3 N–H and O–H groups in total. The van der Waals surface area contributed by atoms with Gasteiger partial charge in [0.25, 0.3) is 0 Å². The normalized spacial score (nSPS) is 10.9. The van der Waals surface area contributed by atoms with E-state index >= 15 is 0 Å². The standard InChI is InChI=1S/C17H19FN2S/c1-11(2)13-3-5-16(6-4-13)21-10-12-7-14(17(19)20)9-15(18)8-12/h3-9,11H,10H2,1-2H3,(H3,19,20). The fourth-order valence-electron chi connectivity index (χ4n) is 2.00. The Labute approximate surface area is 129 Å². The molecule has 2 nitrogen and oxygen atoms in total. The predicted molar refractivity (Wildman–Crippen MR) is 87.5 cm³/mol. The molecule has 110 valence electrons. The fraction of sp³-hybridized carbons (Fsp3) is 0.235. The lowest BCUT2D eigenvalue weighted by atomic mass is 10.0. The minimum absolute atomic E-state index is 0.109. The molecule has 0 heterocycles. The van der Waals surface area contributed by atoms with E-state index in [0.29, 0.717) is 17.2 Å². The van der Waals surface area contributed by atoms with Crippen molar-refractivity contribution < 1.29 is 4.39 Å². The van der Waals surface area contributed by atoms with E-state index < -0.39 is 0 Å². The Bertz CT molecular complexity index is 636. The van der Waals surface area contributed by atoms with Crippen molar-refractivity contribution in [3.8, 4) is 0 Å². The first-order valence-electron chi connectivity index (χ1n) is 6.82. The minimum Gasteiger partial charge on any atom is -0.384 e. The molecule has 0 atom stereocenters. The molecule has 0 saturated carbocycles. The van der Waals surface area contributed by atoms with E-state index in [1.165, 1.54) is 17.7 Å². The number of hydrogen-bond donors (Lipinski definition) is 2. The SMILES string of the molecule is CC(C)c1ccc(SCc2cc(F)cc(C(=N)N)c2)cc1. The van der Waals surface area contributed by atoms with Gasteiger partial charge in [0.2, 0.25) is 0 Å². The Balaban J connectivity index is 2.07. The lowest BCUT2D eigenvalue weighted by molar-refractivity contribution is 0.626. The van der Waals surface area contributed by atoms with Crippen LogP contribution in [0.1, 0.15) is 36.5 Å². The average molecular weight is 302 g/mol. The van der Waals surface area contributed by atoms with Crippen LogP contribution < -0.4 is 5.73 Å². The molecule has 0 amide bonds. The Hall–Kier alpha value is -1.81. The highest BCUT2D eigenvalue weighted by Crippen LogP contribution is 2.25. The summed E-state index contributed by atoms with van der Waals surface area (Å²) in [6.45, 7) is 4.33. The summed E-state index contributed by atoms with van der Waals surface area (Å²) < 4.78 is 13.5. The number of thioether (sulfide) groups is 1. The minimum atomic E-state index is -0.353. The third-order valence-electron chi connectivity index (χ3n) is 3.22. The monoisotopic (exact) mass is 302 g/mol. The molecule has 2 aromatic rings. The van der Waals surface area contributed by atoms with E-state index in [-0.39, 0.29) is 11.7 Å². The fourth-order valence-corrected chi connectivity index (χ4v) is 2.83. The maximum absolute atomic E-state index is 13.5. The molecule has 0 aliphatic carbocycles. The Morgan fingerprint density at radius 1 is 1.19 bits per heavy atom. The van der Waals surface area contributed by atoms with Crippen LogP contribution >= 0.6 is 11.8 Å². The third kappa shape index (κ3) is 4.33. The molecule has 0 unspecified atom stereocenters. The van der Waals surface area contributed by atoms with Gasteiger partial charge in [-0.15, -0.1) is 11.8 Å². The van der Waals surface area contributed by atoms with Crippen LogP contribution in [0.3, 0.4) is 0 Å². The quantitative estimate of drug-likeness (QED) is 0.484. The lowest BCUT2D eigenvalue weighted by Gasteiger charge is -2.08. The molecular formula is C17H19FN2S. The molecule has 0 saturated heterocycles. The molecule has 2 rings (SSSR count). The van der Waals surface area contributed by atoms with Gasteiger partial charge in [-0.05, 0) is 47.4 Å². The zero-order valence-corrected chi connectivity index (χ0v) is 13.0. The number of nitrogens with two attached hydrogens (primary N) is 1. The van der Waals surface area contributed by atoms with Crippen molar-refractivity contribution in [1.82, 2.24) is 0 Å². The number of nitrogens with one attached hydrogen (secondary N) is 1. The molecule has 0 aromatic heterocycles. The second-order valence-corrected chi connectivity index (χ2v) is 6.32. The maximum Gasteiger partial charge on any atom is 0.124 e. The van der Waals surface area contributed by atoms with Gasteiger partial charge in [0.1, 0.15) is 11.7 Å². The molecule has 2 aromatic carbocycles. The molecule has 0 aliphatic heterocycles. The molecular weight excluding hydrogens is 283 g/mol. The summed E-state index contributed by atoms with van der Waals surface area (Å²) in [7, 11) is 0. The smallest absolute Gasteiger partial charge is 0.124 e. The van der Waals surface area contributed by atoms with Gasteiger partial charge in [-0.2, -0.15) is 0 Å². The van der Waals surface area contributed by atoms with Gasteiger partial charge in [-0.25, -0.2) is 4.39 Å². The van der Waals surface area contributed by atoms with Crippen LogP contribution in [0.5, 0.6) is 0 Å². The highest BCUT2D eigenvalue weighted by Gasteiger charge is 2.05. The summed E-state index contributed by atoms with van der Waals surface area (Å²) in [5, 5.41) is 7.39. The van der Waals surface area contributed by atoms with E-state index in [0.717, 1.165) is 10.5 Å². The zero-order valence-electron chi connectivity index (χ0n) is 12.2. The van der Waals surface area contributed by atoms with Crippen molar-refractivity contribution in [2.75, 3.05) is 0 Å². The van der Waals surface area contributed by atoms with Crippen LogP contribution in [0.25, 0.3) is 0 Å². The number of hydrogen-bond acceptors (Lipinski definition) is 2. The highest BCUT2D eigenvalue weighted by atomic mass is 32.2. The number of benzene rings is 2. The first kappa shape index (κ1) is 15.6. The van der Waals surface area contributed by atoms with Gasteiger partial charge in [0.05, 0.1) is 0 Å². The van der Waals surface area contributed by atoms with Crippen LogP contribution in [-0.2, 0) is 5.75 Å². The molecule has 0 spiro atoms. The van der Waals surface area contributed by atoms with Crippen LogP contribution in [0.2, 0.25) is 0 Å². The van der Waals surface area contributed by atoms with Gasteiger partial charge in [0, 0.05) is 16.2 Å². The van der Waals surface area contributed by atoms with Crippen molar-refractivity contribution in [3.05, 3.63) is 65.0 Å². The molecule has 0 bridgehead atoms. The van der Waals surface area contributed by atoms with E-state index in [4.69, 9.17) is 11.1 Å². The topological polar surface area (TPSA) is 49.9 Å². The number of rotatable bonds is 5. The Kier molecular flexibility index (Phi) is 5.02. The van der Waals surface area contributed by atoms with E-state index in [9.17, 15) is 4.39 Å². The van der Waals surface area contributed by atoms with Crippen LogP contribution in [0.4, 0.5) is 4.39 Å². The highest BCUT2D eigenvalue weighted by molar-refractivity contribution is 7.98. The Morgan fingerprint density at radius 2 is 1.86 bits per heavy atom. The average Bonchev–Trinajstić information content (AvgIpc) is 2.45. The number of halogens is 1. The summed E-state index contributed by atoms with van der Waals surface area (Å²) in [5.74, 6) is 0.708. The summed E-state index contributed by atoms with van der Waals surface area (Å²) in [6, 6.07) is 13.0. The summed E-state index contributed by atoms with van der Waals surface area (Å²) in [5.41, 5.74) is 7.99. The number of amidine groups is 1. The molecule has 0 fully saturated rings. The van der Waals surface area contributed by atoms with Gasteiger partial charge in [-0.3, -0.25) is 5.41 Å². The first-order valence-corrected chi connectivity index (χ1v) is 7.81. The first-order chi connectivity index (χ1) is 9.95. The predicted octanol–water partition coefficient (Wildman–Crippen LogP) is 4.53. The van der Waals surface area contributed by atoms with Crippen molar-refractivity contribution in [1.29, 1.82) is 5.41 Å². The van der Waals surface area contributed by atoms with E-state index in [2.05, 4.69) is 38.1 Å². The van der Waals surface area contributed by atoms with E-state index in [1.54, 1.807) is 17.8 Å². The Morgan fingerprint density at radius 3 is 2.43 bits per heavy atom. The van der Waals surface area contributed by atoms with Crippen LogP contribution in [0.15, 0.2) is 47.4 Å².